The van der Waals surface area contributed by atoms with Crippen LogP contribution in [-0.4, -0.2) is 94.0 Å². The predicted octanol–water partition coefficient (Wildman–Crippen LogP) is -0.462. The van der Waals surface area contributed by atoms with Gasteiger partial charge in [0.25, 0.3) is 10.2 Å². The number of ether oxygens (including phenoxy) is 1. The van der Waals surface area contributed by atoms with Crippen LogP contribution in [-0.2, 0) is 19.7 Å². The maximum Gasteiger partial charge on any atom is 0.304 e. The number of aliphatic carboxylic acids is 1. The van der Waals surface area contributed by atoms with Crippen molar-refractivity contribution in [2.75, 3.05) is 61.0 Å². The Kier molecular flexibility index (Phi) is 9.71. The Balaban J connectivity index is 4.71. The highest BCUT2D eigenvalue weighted by Gasteiger charge is 2.26. The lowest BCUT2D eigenvalue weighted by Crippen LogP contribution is -2.44. The molecular weight excluding hydrogens is 298 g/mol. The minimum atomic E-state index is -3.66. The molecule has 0 aromatic heterocycles. The molecule has 21 heavy (non-hydrogen) atoms. The van der Waals surface area contributed by atoms with Crippen molar-refractivity contribution in [1.29, 1.82) is 0 Å². The smallest absolute Gasteiger partial charge is 0.304 e. The van der Waals surface area contributed by atoms with Gasteiger partial charge in [0, 0.05) is 33.8 Å². The topological polar surface area (TPSA) is 90.4 Å². The van der Waals surface area contributed by atoms with Crippen LogP contribution in [0.1, 0.15) is 12.8 Å². The molecule has 0 aliphatic carbocycles. The third-order valence-electron chi connectivity index (χ3n) is 2.92. The summed E-state index contributed by atoms with van der Waals surface area (Å²) in [6, 6.07) is 0. The van der Waals surface area contributed by atoms with E-state index in [4.69, 9.17) is 9.84 Å². The van der Waals surface area contributed by atoms with Gasteiger partial charge in [-0.25, -0.2) is 0 Å². The van der Waals surface area contributed by atoms with Gasteiger partial charge in [0.2, 0.25) is 0 Å². The Bertz CT molecular complexity index is 400. The van der Waals surface area contributed by atoms with Crippen molar-refractivity contribution < 1.29 is 23.1 Å². The molecule has 126 valence electrons. The quantitative estimate of drug-likeness (QED) is 0.522. The SMILES string of the molecule is COCCN(CCCN(C)C)S(=O)(=O)N(C)CCC(=O)O. The summed E-state index contributed by atoms with van der Waals surface area (Å²) in [6.07, 6.45) is 0.480. The zero-order chi connectivity index (χ0) is 16.5. The van der Waals surface area contributed by atoms with Gasteiger partial charge in [0.1, 0.15) is 0 Å². The molecule has 0 aromatic rings. The fourth-order valence-electron chi connectivity index (χ4n) is 1.66. The van der Waals surface area contributed by atoms with Crippen molar-refractivity contribution in [3.8, 4) is 0 Å². The molecule has 0 heterocycles. The first-order valence-electron chi connectivity index (χ1n) is 6.78. The second-order valence-electron chi connectivity index (χ2n) is 5.02. The van der Waals surface area contributed by atoms with Gasteiger partial charge < -0.3 is 14.7 Å². The Morgan fingerprint density at radius 1 is 1.10 bits per heavy atom. The van der Waals surface area contributed by atoms with E-state index in [2.05, 4.69) is 0 Å². The largest absolute Gasteiger partial charge is 0.481 e. The molecule has 0 aliphatic heterocycles. The van der Waals surface area contributed by atoms with Gasteiger partial charge in [-0.05, 0) is 27.1 Å². The van der Waals surface area contributed by atoms with Crippen LogP contribution in [0.3, 0.4) is 0 Å². The van der Waals surface area contributed by atoms with Crippen LogP contribution in [0.4, 0.5) is 0 Å². The fraction of sp³-hybridized carbons (Fsp3) is 0.917. The average Bonchev–Trinajstić information content (AvgIpc) is 2.38. The zero-order valence-electron chi connectivity index (χ0n) is 13.3. The van der Waals surface area contributed by atoms with Crippen LogP contribution in [0.2, 0.25) is 0 Å². The summed E-state index contributed by atoms with van der Waals surface area (Å²) < 4.78 is 32.2. The van der Waals surface area contributed by atoms with E-state index in [9.17, 15) is 13.2 Å². The van der Waals surface area contributed by atoms with Crippen LogP contribution < -0.4 is 0 Å². The maximum atomic E-state index is 12.4. The summed E-state index contributed by atoms with van der Waals surface area (Å²) in [5.74, 6) is -1.02. The van der Waals surface area contributed by atoms with Gasteiger partial charge in [-0.3, -0.25) is 4.79 Å². The lowest BCUT2D eigenvalue weighted by Gasteiger charge is -2.27. The van der Waals surface area contributed by atoms with Crippen molar-refractivity contribution in [1.82, 2.24) is 13.5 Å². The first-order valence-corrected chi connectivity index (χ1v) is 8.18. The molecule has 0 fully saturated rings. The molecule has 0 atom stereocenters. The molecule has 0 amide bonds. The van der Waals surface area contributed by atoms with Crippen molar-refractivity contribution in [3.63, 3.8) is 0 Å². The van der Waals surface area contributed by atoms with Crippen molar-refractivity contribution in [2.24, 2.45) is 0 Å². The number of nitrogens with zero attached hydrogens (tertiary/aromatic N) is 3. The minimum absolute atomic E-state index is 0.0468. The minimum Gasteiger partial charge on any atom is -0.481 e. The summed E-state index contributed by atoms with van der Waals surface area (Å²) in [6.45, 7) is 1.66. The lowest BCUT2D eigenvalue weighted by atomic mass is 10.4. The van der Waals surface area contributed by atoms with E-state index < -0.39 is 16.2 Å². The van der Waals surface area contributed by atoms with E-state index in [0.717, 1.165) is 10.8 Å². The van der Waals surface area contributed by atoms with Crippen molar-refractivity contribution in [3.05, 3.63) is 0 Å². The van der Waals surface area contributed by atoms with E-state index in [1.165, 1.54) is 18.5 Å². The second-order valence-corrected chi connectivity index (χ2v) is 7.06. The predicted molar refractivity (Wildman–Crippen MR) is 80.4 cm³/mol. The van der Waals surface area contributed by atoms with Crippen LogP contribution in [0.5, 0.6) is 0 Å². The van der Waals surface area contributed by atoms with Gasteiger partial charge >= 0.3 is 5.97 Å². The molecule has 9 heteroatoms. The Hall–Kier alpha value is -0.740. The molecule has 1 N–H and O–H groups in total. The van der Waals surface area contributed by atoms with E-state index in [1.54, 1.807) is 0 Å². The summed E-state index contributed by atoms with van der Waals surface area (Å²) >= 11 is 0. The molecule has 0 radical (unpaired) electrons. The number of carboxylic acids is 1. The maximum absolute atomic E-state index is 12.4. The van der Waals surface area contributed by atoms with Crippen molar-refractivity contribution >= 4 is 16.2 Å². The summed E-state index contributed by atoms with van der Waals surface area (Å²) in [5.41, 5.74) is 0. The summed E-state index contributed by atoms with van der Waals surface area (Å²) in [5, 5.41) is 8.65. The Labute approximate surface area is 127 Å². The molecule has 8 nitrogen and oxygen atoms in total. The number of hydrogen-bond donors (Lipinski definition) is 1. The molecular formula is C12H27N3O5S. The van der Waals surface area contributed by atoms with Gasteiger partial charge in [-0.1, -0.05) is 0 Å². The Morgan fingerprint density at radius 2 is 1.71 bits per heavy atom. The number of hydrogen-bond acceptors (Lipinski definition) is 5. The molecule has 0 saturated heterocycles. The van der Waals surface area contributed by atoms with Crippen LogP contribution >= 0.6 is 0 Å². The third kappa shape index (κ3) is 8.32. The first-order chi connectivity index (χ1) is 9.71. The van der Waals surface area contributed by atoms with Gasteiger partial charge in [0.05, 0.1) is 13.0 Å². The normalized spacial score (nSPS) is 12.5. The van der Waals surface area contributed by atoms with Gasteiger partial charge in [-0.15, -0.1) is 0 Å². The molecule has 0 saturated carbocycles. The fourth-order valence-corrected chi connectivity index (χ4v) is 3.05. The standard InChI is InChI=1S/C12H27N3O5S/c1-13(2)7-5-8-15(10-11-20-4)21(18,19)14(3)9-6-12(16)17/h5-11H2,1-4H3,(H,16,17). The summed E-state index contributed by atoms with van der Waals surface area (Å²) in [7, 11) is 3.09. The van der Waals surface area contributed by atoms with E-state index in [-0.39, 0.29) is 19.5 Å². The van der Waals surface area contributed by atoms with E-state index >= 15 is 0 Å². The third-order valence-corrected chi connectivity index (χ3v) is 4.91. The van der Waals surface area contributed by atoms with E-state index in [1.807, 2.05) is 19.0 Å². The van der Waals surface area contributed by atoms with Gasteiger partial charge in [-0.2, -0.15) is 17.0 Å². The molecule has 0 aliphatic rings. The second kappa shape index (κ2) is 10.1. The molecule has 0 spiro atoms. The average molecular weight is 325 g/mol. The van der Waals surface area contributed by atoms with Crippen LogP contribution in [0.25, 0.3) is 0 Å². The lowest BCUT2D eigenvalue weighted by molar-refractivity contribution is -0.137. The van der Waals surface area contributed by atoms with Gasteiger partial charge in [0.15, 0.2) is 0 Å². The monoisotopic (exact) mass is 325 g/mol. The zero-order valence-corrected chi connectivity index (χ0v) is 14.1. The molecule has 0 rings (SSSR count). The van der Waals surface area contributed by atoms with Crippen LogP contribution in [0, 0.1) is 0 Å². The van der Waals surface area contributed by atoms with Crippen LogP contribution in [0.15, 0.2) is 0 Å². The highest BCUT2D eigenvalue weighted by atomic mass is 32.2. The molecule has 0 aromatic carbocycles. The highest BCUT2D eigenvalue weighted by molar-refractivity contribution is 7.86. The summed E-state index contributed by atoms with van der Waals surface area (Å²) in [4.78, 5) is 12.5. The number of carboxylic acid groups (broad SMARTS) is 1. The first kappa shape index (κ1) is 20.3. The van der Waals surface area contributed by atoms with E-state index in [0.29, 0.717) is 19.6 Å². The highest BCUT2D eigenvalue weighted by Crippen LogP contribution is 2.08. The van der Waals surface area contributed by atoms with Crippen molar-refractivity contribution in [2.45, 2.75) is 12.8 Å². The Morgan fingerprint density at radius 3 is 2.19 bits per heavy atom. The number of methoxy groups -OCH3 is 1. The number of rotatable bonds is 12. The number of carbonyl (C=O) groups is 1. The molecule has 0 unspecified atom stereocenters. The molecule has 0 bridgehead atoms.